The molecule has 22 heavy (non-hydrogen) atoms. The lowest BCUT2D eigenvalue weighted by molar-refractivity contribution is -0.389. The zero-order valence-corrected chi connectivity index (χ0v) is 11.5. The number of hydrogen-bond acceptors (Lipinski definition) is 6. The first-order chi connectivity index (χ1) is 10.3. The molecule has 0 aromatic carbocycles. The van der Waals surface area contributed by atoms with Gasteiger partial charge in [-0.2, -0.15) is 5.10 Å². The number of imidazole rings is 1. The molecule has 0 aliphatic heterocycles. The number of aromatic nitrogens is 4. The average molecular weight is 308 g/mol. The third-order valence-corrected chi connectivity index (χ3v) is 2.67. The summed E-state index contributed by atoms with van der Waals surface area (Å²) in [4.78, 5) is 36.0. The molecular formula is C11H12N6O5. The largest absolute Gasteiger partial charge is 0.480 e. The van der Waals surface area contributed by atoms with Crippen molar-refractivity contribution in [1.82, 2.24) is 19.3 Å². The van der Waals surface area contributed by atoms with Crippen molar-refractivity contribution in [1.29, 1.82) is 0 Å². The molecule has 11 nitrogen and oxygen atoms in total. The molecule has 1 amide bonds. The zero-order chi connectivity index (χ0) is 16.3. The van der Waals surface area contributed by atoms with E-state index in [4.69, 9.17) is 5.11 Å². The molecule has 0 unspecified atom stereocenters. The number of carbonyl (C=O) groups is 2. The van der Waals surface area contributed by atoms with Crippen molar-refractivity contribution in [2.45, 2.75) is 20.0 Å². The Morgan fingerprint density at radius 3 is 2.77 bits per heavy atom. The van der Waals surface area contributed by atoms with Gasteiger partial charge in [-0.1, -0.05) is 0 Å². The summed E-state index contributed by atoms with van der Waals surface area (Å²) >= 11 is 0. The lowest BCUT2D eigenvalue weighted by atomic mass is 10.5. The van der Waals surface area contributed by atoms with E-state index in [0.717, 1.165) is 10.9 Å². The van der Waals surface area contributed by atoms with Crippen LogP contribution in [0.2, 0.25) is 0 Å². The third-order valence-electron chi connectivity index (χ3n) is 2.67. The first-order valence-electron chi connectivity index (χ1n) is 6.08. The summed E-state index contributed by atoms with van der Waals surface area (Å²) in [5.74, 6) is -1.33. The Bertz CT molecular complexity index is 733. The van der Waals surface area contributed by atoms with Gasteiger partial charge in [0.25, 0.3) is 0 Å². The van der Waals surface area contributed by atoms with Crippen molar-refractivity contribution in [2.75, 3.05) is 5.32 Å². The van der Waals surface area contributed by atoms with Gasteiger partial charge in [0, 0.05) is 19.2 Å². The minimum atomic E-state index is -1.05. The van der Waals surface area contributed by atoms with Crippen molar-refractivity contribution in [3.63, 3.8) is 0 Å². The van der Waals surface area contributed by atoms with Crippen LogP contribution in [-0.2, 0) is 22.7 Å². The molecule has 0 atom stereocenters. The fraction of sp³-hybridized carbons (Fsp3) is 0.273. The number of nitrogens with zero attached hydrogens (tertiary/aromatic N) is 5. The van der Waals surface area contributed by atoms with Crippen LogP contribution in [0.5, 0.6) is 0 Å². The highest BCUT2D eigenvalue weighted by atomic mass is 16.6. The molecule has 0 bridgehead atoms. The number of anilines is 1. The normalized spacial score (nSPS) is 10.4. The van der Waals surface area contributed by atoms with Crippen LogP contribution in [0.1, 0.15) is 5.82 Å². The van der Waals surface area contributed by atoms with Gasteiger partial charge < -0.3 is 20.5 Å². The fourth-order valence-electron chi connectivity index (χ4n) is 1.73. The smallest absolute Gasteiger partial charge is 0.381 e. The van der Waals surface area contributed by atoms with Crippen LogP contribution in [0.3, 0.4) is 0 Å². The molecule has 2 heterocycles. The van der Waals surface area contributed by atoms with Gasteiger partial charge in [0.2, 0.25) is 11.7 Å². The molecule has 0 radical (unpaired) electrons. The minimum absolute atomic E-state index is 0.168. The molecule has 2 aromatic rings. The molecular weight excluding hydrogens is 296 g/mol. The number of nitrogens with one attached hydrogen (secondary N) is 1. The van der Waals surface area contributed by atoms with Crippen molar-refractivity contribution < 1.29 is 19.6 Å². The van der Waals surface area contributed by atoms with Crippen LogP contribution in [0.15, 0.2) is 18.5 Å². The van der Waals surface area contributed by atoms with E-state index in [0.29, 0.717) is 5.82 Å². The lowest BCUT2D eigenvalue weighted by Crippen LogP contribution is -2.19. The van der Waals surface area contributed by atoms with Gasteiger partial charge in [-0.05, 0) is 9.91 Å². The number of nitro groups is 1. The molecule has 2 N–H and O–H groups in total. The topological polar surface area (TPSA) is 145 Å². The summed E-state index contributed by atoms with van der Waals surface area (Å²) in [6.45, 7) is 1.06. The molecule has 11 heteroatoms. The van der Waals surface area contributed by atoms with Crippen LogP contribution >= 0.6 is 0 Å². The molecule has 0 saturated carbocycles. The van der Waals surface area contributed by atoms with Crippen molar-refractivity contribution >= 4 is 23.5 Å². The quantitative estimate of drug-likeness (QED) is 0.565. The van der Waals surface area contributed by atoms with E-state index in [1.165, 1.54) is 16.8 Å². The highest BCUT2D eigenvalue weighted by molar-refractivity contribution is 5.89. The summed E-state index contributed by atoms with van der Waals surface area (Å²) in [5, 5.41) is 25.5. The number of aryl methyl sites for hydroxylation is 1. The molecule has 0 fully saturated rings. The highest BCUT2D eigenvalue weighted by Gasteiger charge is 2.17. The fourth-order valence-corrected chi connectivity index (χ4v) is 1.73. The second kappa shape index (κ2) is 6.03. The summed E-state index contributed by atoms with van der Waals surface area (Å²) in [5.41, 5.74) is 0. The minimum Gasteiger partial charge on any atom is -0.480 e. The number of carboxylic acids is 1. The van der Waals surface area contributed by atoms with E-state index >= 15 is 0 Å². The van der Waals surface area contributed by atoms with Crippen molar-refractivity contribution in [3.8, 4) is 0 Å². The first-order valence-corrected chi connectivity index (χ1v) is 6.08. The van der Waals surface area contributed by atoms with Gasteiger partial charge in [0.05, 0.1) is 0 Å². The standard InChI is InChI=1S/C11H12N6O5/c1-7-12-9(17(21)22)4-15(7)5-10(18)13-8-2-3-16(14-8)6-11(19)20/h2-4H,5-6H2,1H3,(H,19,20)(H,13,14,18). The van der Waals surface area contributed by atoms with Crippen LogP contribution in [0.25, 0.3) is 0 Å². The van der Waals surface area contributed by atoms with E-state index in [9.17, 15) is 19.7 Å². The van der Waals surface area contributed by atoms with E-state index in [2.05, 4.69) is 15.4 Å². The number of hydrogen-bond donors (Lipinski definition) is 2. The van der Waals surface area contributed by atoms with Crippen LogP contribution in [0.4, 0.5) is 11.6 Å². The van der Waals surface area contributed by atoms with E-state index in [1.807, 2.05) is 0 Å². The Hall–Kier alpha value is -3.24. The molecule has 116 valence electrons. The van der Waals surface area contributed by atoms with Crippen LogP contribution < -0.4 is 5.32 Å². The maximum absolute atomic E-state index is 11.8. The number of carboxylic acid groups (broad SMARTS) is 1. The van der Waals surface area contributed by atoms with Gasteiger partial charge in [0.1, 0.15) is 19.3 Å². The number of aliphatic carboxylic acids is 1. The van der Waals surface area contributed by atoms with Crippen LogP contribution in [0, 0.1) is 17.0 Å². The number of carbonyl (C=O) groups excluding carboxylic acids is 1. The molecule has 0 aliphatic rings. The molecule has 2 rings (SSSR count). The summed E-state index contributed by atoms with van der Waals surface area (Å²) < 4.78 is 2.49. The maximum atomic E-state index is 11.8. The highest BCUT2D eigenvalue weighted by Crippen LogP contribution is 2.10. The molecule has 2 aromatic heterocycles. The third kappa shape index (κ3) is 3.65. The molecule has 0 saturated heterocycles. The Kier molecular flexibility index (Phi) is 4.15. The zero-order valence-electron chi connectivity index (χ0n) is 11.5. The number of rotatable bonds is 6. The second-order valence-corrected chi connectivity index (χ2v) is 4.37. The first kappa shape index (κ1) is 15.2. The van der Waals surface area contributed by atoms with Gasteiger partial charge >= 0.3 is 11.8 Å². The van der Waals surface area contributed by atoms with Gasteiger partial charge in [-0.15, -0.1) is 0 Å². The predicted octanol–water partition coefficient (Wildman–Crippen LogP) is 0.0195. The molecule has 0 spiro atoms. The van der Waals surface area contributed by atoms with E-state index < -0.39 is 16.8 Å². The Balaban J connectivity index is 1.99. The van der Waals surface area contributed by atoms with Gasteiger partial charge in [0.15, 0.2) is 5.82 Å². The Labute approximate surface area is 123 Å². The van der Waals surface area contributed by atoms with Crippen molar-refractivity contribution in [3.05, 3.63) is 34.4 Å². The Morgan fingerprint density at radius 2 is 2.18 bits per heavy atom. The maximum Gasteiger partial charge on any atom is 0.381 e. The van der Waals surface area contributed by atoms with Gasteiger partial charge in [-0.25, -0.2) is 0 Å². The summed E-state index contributed by atoms with van der Waals surface area (Å²) in [6.07, 6.45) is 2.58. The SMILES string of the molecule is Cc1nc([N+](=O)[O-])cn1CC(=O)Nc1ccn(CC(=O)O)n1. The van der Waals surface area contributed by atoms with Crippen LogP contribution in [-0.4, -0.2) is 41.2 Å². The predicted molar refractivity (Wildman–Crippen MR) is 72.1 cm³/mol. The van der Waals surface area contributed by atoms with Gasteiger partial charge in [-0.3, -0.25) is 18.8 Å². The van der Waals surface area contributed by atoms with Crippen molar-refractivity contribution in [2.24, 2.45) is 0 Å². The molecule has 0 aliphatic carbocycles. The lowest BCUT2D eigenvalue weighted by Gasteiger charge is -2.03. The average Bonchev–Trinajstić information content (AvgIpc) is 2.97. The summed E-state index contributed by atoms with van der Waals surface area (Å²) in [6, 6.07) is 1.45. The Morgan fingerprint density at radius 1 is 1.45 bits per heavy atom. The number of amides is 1. The van der Waals surface area contributed by atoms with E-state index in [1.54, 1.807) is 6.92 Å². The monoisotopic (exact) mass is 308 g/mol. The summed E-state index contributed by atoms with van der Waals surface area (Å²) in [7, 11) is 0. The second-order valence-electron chi connectivity index (χ2n) is 4.37. The van der Waals surface area contributed by atoms with E-state index in [-0.39, 0.29) is 24.7 Å².